The summed E-state index contributed by atoms with van der Waals surface area (Å²) in [6.45, 7) is 0. The highest BCUT2D eigenvalue weighted by Gasteiger charge is 2.36. The van der Waals surface area contributed by atoms with E-state index in [-0.39, 0.29) is 17.9 Å². The lowest BCUT2D eigenvalue weighted by atomic mass is 9.95. The summed E-state index contributed by atoms with van der Waals surface area (Å²) in [6, 6.07) is 13.4. The summed E-state index contributed by atoms with van der Waals surface area (Å²) in [7, 11) is 0. The second-order valence-corrected chi connectivity index (χ2v) is 6.05. The van der Waals surface area contributed by atoms with E-state index in [0.717, 1.165) is 23.1 Å². The lowest BCUT2D eigenvalue weighted by Crippen LogP contribution is -2.14. The third-order valence-electron chi connectivity index (χ3n) is 4.62. The lowest BCUT2D eigenvalue weighted by molar-refractivity contribution is -0.120. The number of rotatable bonds is 2. The first-order valence-corrected chi connectivity index (χ1v) is 7.59. The van der Waals surface area contributed by atoms with E-state index in [1.54, 1.807) is 12.1 Å². The molecule has 1 heterocycles. The van der Waals surface area contributed by atoms with Crippen molar-refractivity contribution in [2.24, 2.45) is 21.9 Å². The third-order valence-corrected chi connectivity index (χ3v) is 4.62. The molecule has 2 atom stereocenters. The molecule has 0 radical (unpaired) electrons. The maximum absolute atomic E-state index is 11.6. The summed E-state index contributed by atoms with van der Waals surface area (Å²) in [5, 5.41) is 7.88. The molecule has 0 saturated heterocycles. The fourth-order valence-electron chi connectivity index (χ4n) is 3.57. The molecule has 2 unspecified atom stereocenters. The number of primary amides is 1. The van der Waals surface area contributed by atoms with Crippen LogP contribution in [0, 0.1) is 5.92 Å². The number of amides is 2. The highest BCUT2D eigenvalue weighted by molar-refractivity contribution is 5.99. The van der Waals surface area contributed by atoms with E-state index in [1.807, 2.05) is 24.3 Å². The van der Waals surface area contributed by atoms with Gasteiger partial charge in [-0.25, -0.2) is 0 Å². The van der Waals surface area contributed by atoms with E-state index in [1.165, 1.54) is 5.56 Å². The van der Waals surface area contributed by atoms with Gasteiger partial charge in [-0.2, -0.15) is 5.11 Å². The van der Waals surface area contributed by atoms with Crippen molar-refractivity contribution in [2.45, 2.75) is 18.9 Å². The number of hydrogen-bond donors (Lipinski definition) is 1. The zero-order valence-corrected chi connectivity index (χ0v) is 12.4. The summed E-state index contributed by atoms with van der Waals surface area (Å²) < 4.78 is 0. The van der Waals surface area contributed by atoms with Crippen LogP contribution in [0.4, 0.5) is 0 Å². The molecule has 2 amide bonds. The molecule has 4 rings (SSSR count). The van der Waals surface area contributed by atoms with Crippen molar-refractivity contribution in [1.29, 1.82) is 0 Å². The van der Waals surface area contributed by atoms with Gasteiger partial charge in [-0.05, 0) is 34.7 Å². The Kier molecular flexibility index (Phi) is 3.08. The molecule has 2 aromatic carbocycles. The molecule has 0 bridgehead atoms. The molecule has 23 heavy (non-hydrogen) atoms. The smallest absolute Gasteiger partial charge is 0.264 e. The second kappa shape index (κ2) is 5.12. The molecule has 2 aromatic rings. The highest BCUT2D eigenvalue weighted by atomic mass is 16.2. The molecule has 2 N–H and O–H groups in total. The molecule has 5 nitrogen and oxygen atoms in total. The van der Waals surface area contributed by atoms with Gasteiger partial charge >= 0.3 is 0 Å². The van der Waals surface area contributed by atoms with Gasteiger partial charge in [0.1, 0.15) is 6.04 Å². The topological polar surface area (TPSA) is 84.9 Å². The molecule has 0 aromatic heterocycles. The van der Waals surface area contributed by atoms with E-state index in [0.29, 0.717) is 12.0 Å². The number of carbonyl (C=O) groups excluding carboxylic acids is 2. The SMILES string of the molecule is NC(=O)c1ccccc1-c1ccc2c(c1)CC1CC(=O)N=NC21. The zero-order chi connectivity index (χ0) is 16.0. The molecular formula is C18H15N3O2. The molecule has 0 spiro atoms. The van der Waals surface area contributed by atoms with Crippen molar-refractivity contribution in [3.63, 3.8) is 0 Å². The van der Waals surface area contributed by atoms with Crippen LogP contribution in [0.25, 0.3) is 11.1 Å². The number of benzene rings is 2. The summed E-state index contributed by atoms with van der Waals surface area (Å²) in [6.07, 6.45) is 1.27. The quantitative estimate of drug-likeness (QED) is 0.924. The van der Waals surface area contributed by atoms with Crippen LogP contribution < -0.4 is 5.73 Å². The van der Waals surface area contributed by atoms with Crippen molar-refractivity contribution in [2.75, 3.05) is 0 Å². The Balaban J connectivity index is 1.77. The van der Waals surface area contributed by atoms with Crippen molar-refractivity contribution < 1.29 is 9.59 Å². The fourth-order valence-corrected chi connectivity index (χ4v) is 3.57. The van der Waals surface area contributed by atoms with Gasteiger partial charge in [-0.1, -0.05) is 36.4 Å². The highest BCUT2D eigenvalue weighted by Crippen LogP contribution is 2.44. The van der Waals surface area contributed by atoms with E-state index in [2.05, 4.69) is 16.3 Å². The molecule has 1 aliphatic heterocycles. The Morgan fingerprint density at radius 1 is 1.13 bits per heavy atom. The predicted molar refractivity (Wildman–Crippen MR) is 84.8 cm³/mol. The third kappa shape index (κ3) is 2.25. The standard InChI is InChI=1S/C18H15N3O2/c19-18(23)15-4-2-1-3-13(15)10-5-6-14-11(7-10)8-12-9-16(22)20-21-17(12)14/h1-7,12,17H,8-9H2,(H2,19,23). The average molecular weight is 305 g/mol. The van der Waals surface area contributed by atoms with Crippen LogP contribution >= 0.6 is 0 Å². The largest absolute Gasteiger partial charge is 0.366 e. The number of carbonyl (C=O) groups is 2. The van der Waals surface area contributed by atoms with Crippen molar-refractivity contribution in [1.82, 2.24) is 0 Å². The minimum absolute atomic E-state index is 0.0110. The molecule has 2 aliphatic rings. The van der Waals surface area contributed by atoms with E-state index >= 15 is 0 Å². The zero-order valence-electron chi connectivity index (χ0n) is 12.4. The van der Waals surface area contributed by atoms with Crippen LogP contribution in [0.1, 0.15) is 33.9 Å². The average Bonchev–Trinajstić information content (AvgIpc) is 2.91. The monoisotopic (exact) mass is 305 g/mol. The van der Waals surface area contributed by atoms with E-state index in [9.17, 15) is 9.59 Å². The molecule has 0 saturated carbocycles. The van der Waals surface area contributed by atoms with Gasteiger partial charge in [0.25, 0.3) is 5.91 Å². The van der Waals surface area contributed by atoms with Gasteiger partial charge < -0.3 is 5.73 Å². The van der Waals surface area contributed by atoms with Crippen LogP contribution in [0.5, 0.6) is 0 Å². The number of azo groups is 1. The van der Waals surface area contributed by atoms with Crippen LogP contribution in [0.2, 0.25) is 0 Å². The summed E-state index contributed by atoms with van der Waals surface area (Å²) in [5.41, 5.74) is 10.1. The summed E-state index contributed by atoms with van der Waals surface area (Å²) >= 11 is 0. The van der Waals surface area contributed by atoms with Gasteiger partial charge in [0.05, 0.1) is 0 Å². The first-order valence-electron chi connectivity index (χ1n) is 7.59. The number of nitrogens with two attached hydrogens (primary N) is 1. The van der Waals surface area contributed by atoms with Gasteiger partial charge in [0, 0.05) is 17.9 Å². The van der Waals surface area contributed by atoms with Crippen molar-refractivity contribution in [3.05, 3.63) is 59.2 Å². The van der Waals surface area contributed by atoms with E-state index < -0.39 is 5.91 Å². The molecule has 114 valence electrons. The van der Waals surface area contributed by atoms with Gasteiger partial charge in [0.15, 0.2) is 0 Å². The molecule has 1 aliphatic carbocycles. The van der Waals surface area contributed by atoms with Crippen LogP contribution in [0.3, 0.4) is 0 Å². The normalized spacial score (nSPS) is 21.8. The predicted octanol–water partition coefficient (Wildman–Crippen LogP) is 3.05. The Morgan fingerprint density at radius 2 is 1.96 bits per heavy atom. The Bertz CT molecular complexity index is 857. The first-order chi connectivity index (χ1) is 11.1. The number of hydrogen-bond acceptors (Lipinski definition) is 3. The van der Waals surface area contributed by atoms with E-state index in [4.69, 9.17) is 5.73 Å². The van der Waals surface area contributed by atoms with Crippen molar-refractivity contribution >= 4 is 11.8 Å². The number of fused-ring (bicyclic) bond motifs is 3. The minimum atomic E-state index is -0.436. The van der Waals surface area contributed by atoms with Crippen LogP contribution in [-0.4, -0.2) is 11.8 Å². The number of nitrogens with zero attached hydrogens (tertiary/aromatic N) is 2. The van der Waals surface area contributed by atoms with Gasteiger partial charge in [0.2, 0.25) is 5.91 Å². The Morgan fingerprint density at radius 3 is 2.78 bits per heavy atom. The molecule has 5 heteroatoms. The molecular weight excluding hydrogens is 290 g/mol. The Hall–Kier alpha value is -2.82. The summed E-state index contributed by atoms with van der Waals surface area (Å²) in [4.78, 5) is 23.1. The first kappa shape index (κ1) is 13.8. The lowest BCUT2D eigenvalue weighted by Gasteiger charge is -2.17. The van der Waals surface area contributed by atoms with Gasteiger partial charge in [-0.15, -0.1) is 5.11 Å². The Labute approximate surface area is 133 Å². The minimum Gasteiger partial charge on any atom is -0.366 e. The fraction of sp³-hybridized carbons (Fsp3) is 0.222. The second-order valence-electron chi connectivity index (χ2n) is 6.05. The maximum atomic E-state index is 11.6. The maximum Gasteiger partial charge on any atom is 0.264 e. The summed E-state index contributed by atoms with van der Waals surface area (Å²) in [5.74, 6) is -0.371. The van der Waals surface area contributed by atoms with Crippen molar-refractivity contribution in [3.8, 4) is 11.1 Å². The van der Waals surface area contributed by atoms with Gasteiger partial charge in [-0.3, -0.25) is 9.59 Å². The van der Waals surface area contributed by atoms with Crippen LogP contribution in [0.15, 0.2) is 52.7 Å². The van der Waals surface area contributed by atoms with Crippen LogP contribution in [-0.2, 0) is 11.2 Å². The molecule has 0 fully saturated rings.